The minimum atomic E-state index is -0.425. The quantitative estimate of drug-likeness (QED) is 0.327. The molecule has 0 fully saturated rings. The summed E-state index contributed by atoms with van der Waals surface area (Å²) >= 11 is 0. The van der Waals surface area contributed by atoms with E-state index in [9.17, 15) is 9.59 Å². The predicted octanol–water partition coefficient (Wildman–Crippen LogP) is 4.23. The molecule has 3 nitrogen and oxygen atoms in total. The second-order valence-corrected chi connectivity index (χ2v) is 5.64. The minimum absolute atomic E-state index is 0.154. The van der Waals surface area contributed by atoms with Gasteiger partial charge in [-0.05, 0) is 62.4 Å². The van der Waals surface area contributed by atoms with Crippen molar-refractivity contribution in [3.8, 4) is 0 Å². The number of carbonyl (C=O) groups excluding carboxylic acids is 2. The Morgan fingerprint density at radius 1 is 1.00 bits per heavy atom. The zero-order valence-electron chi connectivity index (χ0n) is 13.8. The molecule has 0 aliphatic rings. The number of benzene rings is 1. The Morgan fingerprint density at radius 2 is 1.67 bits per heavy atom. The molecular formula is C18H26O3. The van der Waals surface area contributed by atoms with Gasteiger partial charge in [0, 0.05) is 5.56 Å². The van der Waals surface area contributed by atoms with Crippen molar-refractivity contribution in [1.82, 2.24) is 0 Å². The minimum Gasteiger partial charge on any atom is -0.465 e. The first-order valence-electron chi connectivity index (χ1n) is 7.64. The van der Waals surface area contributed by atoms with Crippen molar-refractivity contribution in [2.75, 3.05) is 6.61 Å². The van der Waals surface area contributed by atoms with E-state index < -0.39 is 5.97 Å². The summed E-state index contributed by atoms with van der Waals surface area (Å²) in [5.74, 6) is -0.578. The normalized spacial score (nSPS) is 10.5. The van der Waals surface area contributed by atoms with Crippen LogP contribution < -0.4 is 0 Å². The van der Waals surface area contributed by atoms with Gasteiger partial charge < -0.3 is 4.74 Å². The van der Waals surface area contributed by atoms with E-state index in [1.807, 2.05) is 33.8 Å². The second kappa shape index (κ2) is 7.96. The van der Waals surface area contributed by atoms with Crippen LogP contribution in [0.25, 0.3) is 0 Å². The van der Waals surface area contributed by atoms with Crippen molar-refractivity contribution in [2.24, 2.45) is 0 Å². The fraction of sp³-hybridized carbons (Fsp3) is 0.556. The smallest absolute Gasteiger partial charge is 0.313 e. The fourth-order valence-corrected chi connectivity index (χ4v) is 2.32. The van der Waals surface area contributed by atoms with Crippen LogP contribution >= 0.6 is 0 Å². The number of hydrogen-bond donors (Lipinski definition) is 0. The largest absolute Gasteiger partial charge is 0.465 e. The molecular weight excluding hydrogens is 264 g/mol. The van der Waals surface area contributed by atoms with Gasteiger partial charge in [0.15, 0.2) is 5.78 Å². The zero-order chi connectivity index (χ0) is 16.0. The van der Waals surface area contributed by atoms with Gasteiger partial charge in [-0.15, -0.1) is 0 Å². The number of Topliss-reactive ketones (excluding diaryl/α,β-unsaturated/α-hetero) is 1. The molecule has 3 heteroatoms. The molecule has 0 N–H and O–H groups in total. The van der Waals surface area contributed by atoms with Crippen molar-refractivity contribution in [3.63, 3.8) is 0 Å². The Hall–Kier alpha value is -1.64. The molecule has 0 unspecified atom stereocenters. The average Bonchev–Trinajstić information content (AvgIpc) is 2.45. The van der Waals surface area contributed by atoms with Gasteiger partial charge in [-0.2, -0.15) is 0 Å². The summed E-state index contributed by atoms with van der Waals surface area (Å²) in [4.78, 5) is 24.0. The SMILES string of the molecule is CCCCCOC(=O)CC(=O)c1cc(C)c(C)c(C)c1C. The van der Waals surface area contributed by atoms with E-state index in [0.29, 0.717) is 12.2 Å². The lowest BCUT2D eigenvalue weighted by Gasteiger charge is -2.13. The maximum Gasteiger partial charge on any atom is 0.313 e. The molecule has 0 aromatic heterocycles. The van der Waals surface area contributed by atoms with E-state index >= 15 is 0 Å². The summed E-state index contributed by atoms with van der Waals surface area (Å²) in [6.07, 6.45) is 2.81. The third-order valence-corrected chi connectivity index (χ3v) is 4.10. The van der Waals surface area contributed by atoms with Gasteiger partial charge >= 0.3 is 5.97 Å². The molecule has 0 saturated carbocycles. The molecule has 0 aliphatic heterocycles. The highest BCUT2D eigenvalue weighted by molar-refractivity contribution is 6.07. The standard InChI is InChI=1S/C18H26O3/c1-6-7-8-9-21-18(20)11-17(19)16-10-12(2)13(3)14(4)15(16)5/h10H,6-9,11H2,1-5H3. The summed E-state index contributed by atoms with van der Waals surface area (Å²) in [6, 6.07) is 1.88. The van der Waals surface area contributed by atoms with E-state index in [4.69, 9.17) is 4.74 Å². The van der Waals surface area contributed by atoms with Crippen molar-refractivity contribution >= 4 is 11.8 Å². The van der Waals surface area contributed by atoms with Crippen molar-refractivity contribution in [2.45, 2.75) is 60.3 Å². The second-order valence-electron chi connectivity index (χ2n) is 5.64. The van der Waals surface area contributed by atoms with Gasteiger partial charge in [0.2, 0.25) is 0 Å². The number of ketones is 1. The first kappa shape index (κ1) is 17.4. The third-order valence-electron chi connectivity index (χ3n) is 4.10. The molecule has 1 aromatic rings. The third kappa shape index (κ3) is 4.69. The molecule has 0 atom stereocenters. The van der Waals surface area contributed by atoms with E-state index in [1.54, 1.807) is 0 Å². The first-order chi connectivity index (χ1) is 9.88. The molecule has 0 aliphatic carbocycles. The maximum absolute atomic E-state index is 12.3. The molecule has 21 heavy (non-hydrogen) atoms. The zero-order valence-corrected chi connectivity index (χ0v) is 13.8. The maximum atomic E-state index is 12.3. The van der Waals surface area contributed by atoms with Crippen molar-refractivity contribution in [3.05, 3.63) is 33.9 Å². The first-order valence-corrected chi connectivity index (χ1v) is 7.64. The van der Waals surface area contributed by atoms with Gasteiger partial charge in [-0.3, -0.25) is 9.59 Å². The Labute approximate surface area is 127 Å². The van der Waals surface area contributed by atoms with Crippen LogP contribution in [0.2, 0.25) is 0 Å². The number of unbranched alkanes of at least 4 members (excludes halogenated alkanes) is 2. The highest BCUT2D eigenvalue weighted by atomic mass is 16.5. The number of esters is 1. The topological polar surface area (TPSA) is 43.4 Å². The van der Waals surface area contributed by atoms with E-state index in [-0.39, 0.29) is 12.2 Å². The van der Waals surface area contributed by atoms with Gasteiger partial charge in [-0.25, -0.2) is 0 Å². The Bertz CT molecular complexity index is 530. The number of ether oxygens (including phenoxy) is 1. The summed E-state index contributed by atoms with van der Waals surface area (Å²) in [5.41, 5.74) is 5.00. The number of carbonyl (C=O) groups is 2. The molecule has 0 spiro atoms. The molecule has 0 radical (unpaired) electrons. The molecule has 1 aromatic carbocycles. The van der Waals surface area contributed by atoms with Crippen LogP contribution in [0.3, 0.4) is 0 Å². The summed E-state index contributed by atoms with van der Waals surface area (Å²) < 4.78 is 5.10. The summed E-state index contributed by atoms with van der Waals surface area (Å²) in [5, 5.41) is 0. The average molecular weight is 290 g/mol. The molecule has 0 heterocycles. The van der Waals surface area contributed by atoms with Crippen LogP contribution in [0.15, 0.2) is 6.07 Å². The van der Waals surface area contributed by atoms with Gasteiger partial charge in [0.1, 0.15) is 6.42 Å². The summed E-state index contributed by atoms with van der Waals surface area (Å²) in [6.45, 7) is 10.5. The van der Waals surface area contributed by atoms with Crippen LogP contribution in [-0.2, 0) is 9.53 Å². The number of rotatable bonds is 7. The van der Waals surface area contributed by atoms with Gasteiger partial charge in [-0.1, -0.05) is 19.8 Å². The molecule has 116 valence electrons. The molecule has 0 saturated heterocycles. The van der Waals surface area contributed by atoms with Crippen LogP contribution in [-0.4, -0.2) is 18.4 Å². The van der Waals surface area contributed by atoms with Crippen LogP contribution in [0, 0.1) is 27.7 Å². The lowest BCUT2D eigenvalue weighted by Crippen LogP contribution is -2.14. The van der Waals surface area contributed by atoms with E-state index in [0.717, 1.165) is 36.0 Å². The lowest BCUT2D eigenvalue weighted by atomic mass is 9.92. The highest BCUT2D eigenvalue weighted by Crippen LogP contribution is 2.22. The number of aryl methyl sites for hydroxylation is 1. The lowest BCUT2D eigenvalue weighted by molar-refractivity contribution is -0.142. The Balaban J connectivity index is 2.70. The number of hydrogen-bond acceptors (Lipinski definition) is 3. The molecule has 0 bridgehead atoms. The van der Waals surface area contributed by atoms with Crippen LogP contribution in [0.4, 0.5) is 0 Å². The highest BCUT2D eigenvalue weighted by Gasteiger charge is 2.17. The van der Waals surface area contributed by atoms with E-state index in [2.05, 4.69) is 6.92 Å². The molecule has 0 amide bonds. The van der Waals surface area contributed by atoms with Gasteiger partial charge in [0.05, 0.1) is 6.61 Å². The van der Waals surface area contributed by atoms with Crippen molar-refractivity contribution < 1.29 is 14.3 Å². The van der Waals surface area contributed by atoms with Crippen molar-refractivity contribution in [1.29, 1.82) is 0 Å². The fourth-order valence-electron chi connectivity index (χ4n) is 2.32. The summed E-state index contributed by atoms with van der Waals surface area (Å²) in [7, 11) is 0. The van der Waals surface area contributed by atoms with E-state index in [1.165, 1.54) is 5.56 Å². The Kier molecular flexibility index (Phi) is 6.60. The predicted molar refractivity (Wildman–Crippen MR) is 84.8 cm³/mol. The monoisotopic (exact) mass is 290 g/mol. The van der Waals surface area contributed by atoms with Crippen LogP contribution in [0.1, 0.15) is 65.2 Å². The molecule has 1 rings (SSSR count). The Morgan fingerprint density at radius 3 is 2.29 bits per heavy atom. The van der Waals surface area contributed by atoms with Gasteiger partial charge in [0.25, 0.3) is 0 Å². The van der Waals surface area contributed by atoms with Crippen LogP contribution in [0.5, 0.6) is 0 Å².